The number of phenols is 2. The molecule has 1 aliphatic rings. The van der Waals surface area contributed by atoms with Gasteiger partial charge in [-0.05, 0) is 87.2 Å². The standard InChI is InChI=1S/C36H46N4O6/c1-4-26-15-18-30(33(24-26)46-23-11-7-8-14-34(43)39-21-19-38(5-2)20-22-39)40(6-3)36(45)27-16-17-29(32(42)25-27)37-35(44)28-12-9-10-13-31(28)41/h9-10,12-13,15-18,24-25,41-42H,4-8,11,14,19-23H2,1-3H3,(H,37,44). The Labute approximate surface area is 271 Å². The van der Waals surface area contributed by atoms with Gasteiger partial charge in [0.05, 0.1) is 23.5 Å². The maximum absolute atomic E-state index is 13.7. The van der Waals surface area contributed by atoms with Crippen molar-refractivity contribution in [3.63, 3.8) is 0 Å². The van der Waals surface area contributed by atoms with E-state index in [0.717, 1.165) is 64.0 Å². The Morgan fingerprint density at radius 1 is 0.870 bits per heavy atom. The van der Waals surface area contributed by atoms with Gasteiger partial charge in [0.15, 0.2) is 0 Å². The van der Waals surface area contributed by atoms with Crippen LogP contribution in [0.4, 0.5) is 11.4 Å². The van der Waals surface area contributed by atoms with Crippen molar-refractivity contribution in [1.29, 1.82) is 0 Å². The molecule has 0 aliphatic carbocycles. The van der Waals surface area contributed by atoms with E-state index in [1.54, 1.807) is 17.0 Å². The summed E-state index contributed by atoms with van der Waals surface area (Å²) in [6.07, 6.45) is 3.82. The van der Waals surface area contributed by atoms with Crippen LogP contribution in [-0.2, 0) is 11.2 Å². The number of ether oxygens (including phenoxy) is 1. The van der Waals surface area contributed by atoms with Crippen LogP contribution in [0.1, 0.15) is 72.7 Å². The van der Waals surface area contributed by atoms with Crippen LogP contribution in [0.3, 0.4) is 0 Å². The van der Waals surface area contributed by atoms with E-state index in [1.165, 1.54) is 30.3 Å². The smallest absolute Gasteiger partial charge is 0.259 e. The predicted molar refractivity (Wildman–Crippen MR) is 180 cm³/mol. The number of carbonyl (C=O) groups excluding carboxylic acids is 3. The molecule has 46 heavy (non-hydrogen) atoms. The van der Waals surface area contributed by atoms with Gasteiger partial charge in [-0.2, -0.15) is 0 Å². The van der Waals surface area contributed by atoms with E-state index in [4.69, 9.17) is 4.74 Å². The highest BCUT2D eigenvalue weighted by Crippen LogP contribution is 2.33. The van der Waals surface area contributed by atoms with Crippen LogP contribution in [0.5, 0.6) is 17.2 Å². The first kappa shape index (κ1) is 34.3. The number of nitrogens with zero attached hydrogens (tertiary/aromatic N) is 3. The fourth-order valence-electron chi connectivity index (χ4n) is 5.53. The van der Waals surface area contributed by atoms with Gasteiger partial charge in [0, 0.05) is 44.7 Å². The van der Waals surface area contributed by atoms with Crippen molar-refractivity contribution >= 4 is 29.1 Å². The molecule has 0 saturated carbocycles. The Morgan fingerprint density at radius 3 is 2.30 bits per heavy atom. The van der Waals surface area contributed by atoms with Gasteiger partial charge in [0.1, 0.15) is 17.2 Å². The van der Waals surface area contributed by atoms with E-state index in [9.17, 15) is 24.6 Å². The number of likely N-dealkylation sites (N-methyl/N-ethyl adjacent to an activating group) is 1. The third-order valence-corrected chi connectivity index (χ3v) is 8.39. The van der Waals surface area contributed by atoms with Crippen LogP contribution in [0.2, 0.25) is 0 Å². The molecule has 0 atom stereocenters. The highest BCUT2D eigenvalue weighted by atomic mass is 16.5. The van der Waals surface area contributed by atoms with Crippen LogP contribution in [0.15, 0.2) is 60.7 Å². The lowest BCUT2D eigenvalue weighted by atomic mass is 10.1. The molecule has 0 radical (unpaired) electrons. The minimum absolute atomic E-state index is 0.0665. The zero-order valence-corrected chi connectivity index (χ0v) is 27.1. The minimum atomic E-state index is -0.586. The quantitative estimate of drug-likeness (QED) is 0.155. The number of nitrogens with one attached hydrogen (secondary N) is 1. The fraction of sp³-hybridized carbons (Fsp3) is 0.417. The average molecular weight is 631 g/mol. The molecule has 3 N–H and O–H groups in total. The third kappa shape index (κ3) is 8.78. The number of anilines is 2. The molecule has 1 saturated heterocycles. The Bertz CT molecular complexity index is 1500. The molecule has 3 amide bonds. The fourth-order valence-corrected chi connectivity index (χ4v) is 5.53. The third-order valence-electron chi connectivity index (χ3n) is 8.39. The van der Waals surface area contributed by atoms with Crippen molar-refractivity contribution in [2.75, 3.05) is 56.1 Å². The van der Waals surface area contributed by atoms with Gasteiger partial charge in [-0.1, -0.05) is 32.0 Å². The van der Waals surface area contributed by atoms with Crippen LogP contribution in [-0.4, -0.2) is 83.6 Å². The molecule has 0 bridgehead atoms. The number of hydrogen-bond donors (Lipinski definition) is 3. The molecule has 0 unspecified atom stereocenters. The minimum Gasteiger partial charge on any atom is -0.507 e. The van der Waals surface area contributed by atoms with Crippen molar-refractivity contribution < 1.29 is 29.3 Å². The Balaban J connectivity index is 1.36. The van der Waals surface area contributed by atoms with Gasteiger partial charge in [0.2, 0.25) is 5.91 Å². The molecule has 4 rings (SSSR count). The second-order valence-corrected chi connectivity index (χ2v) is 11.4. The van der Waals surface area contributed by atoms with E-state index in [1.807, 2.05) is 30.0 Å². The number of unbranched alkanes of at least 4 members (excludes halogenated alkanes) is 2. The summed E-state index contributed by atoms with van der Waals surface area (Å²) in [6, 6.07) is 16.2. The second kappa shape index (κ2) is 16.7. The molecular formula is C36H46N4O6. The SMILES string of the molecule is CCc1ccc(N(CC)C(=O)c2ccc(NC(=O)c3ccccc3O)c(O)c2)c(OCCCCCC(=O)N2CCN(CC)CC2)c1. The molecule has 246 valence electrons. The van der Waals surface area contributed by atoms with Crippen molar-refractivity contribution in [2.45, 2.75) is 52.9 Å². The van der Waals surface area contributed by atoms with E-state index in [-0.39, 0.29) is 40.1 Å². The lowest BCUT2D eigenvalue weighted by Gasteiger charge is -2.34. The second-order valence-electron chi connectivity index (χ2n) is 11.4. The molecule has 1 heterocycles. The van der Waals surface area contributed by atoms with Gasteiger partial charge >= 0.3 is 0 Å². The van der Waals surface area contributed by atoms with Crippen molar-refractivity contribution in [3.05, 3.63) is 77.4 Å². The number of carbonyl (C=O) groups is 3. The highest BCUT2D eigenvalue weighted by Gasteiger charge is 2.23. The molecule has 0 spiro atoms. The molecule has 3 aromatic rings. The summed E-state index contributed by atoms with van der Waals surface area (Å²) in [5, 5.41) is 23.2. The number of piperazine rings is 1. The Kier molecular flexibility index (Phi) is 12.4. The van der Waals surface area contributed by atoms with E-state index in [2.05, 4.69) is 24.1 Å². The monoisotopic (exact) mass is 630 g/mol. The van der Waals surface area contributed by atoms with E-state index >= 15 is 0 Å². The Hall–Kier alpha value is -4.57. The van der Waals surface area contributed by atoms with Crippen molar-refractivity contribution in [2.24, 2.45) is 0 Å². The van der Waals surface area contributed by atoms with Gasteiger partial charge in [-0.25, -0.2) is 0 Å². The van der Waals surface area contributed by atoms with E-state index < -0.39 is 5.91 Å². The molecule has 0 aromatic heterocycles. The molecule has 10 nitrogen and oxygen atoms in total. The first-order valence-electron chi connectivity index (χ1n) is 16.3. The summed E-state index contributed by atoms with van der Waals surface area (Å²) in [5.41, 5.74) is 2.13. The molecule has 1 aliphatic heterocycles. The van der Waals surface area contributed by atoms with Gasteiger partial charge in [-0.3, -0.25) is 14.4 Å². The summed E-state index contributed by atoms with van der Waals surface area (Å²) < 4.78 is 6.22. The van der Waals surface area contributed by atoms with Crippen LogP contribution < -0.4 is 15.0 Å². The largest absolute Gasteiger partial charge is 0.507 e. The zero-order valence-electron chi connectivity index (χ0n) is 27.1. The van der Waals surface area contributed by atoms with Gasteiger partial charge in [-0.15, -0.1) is 0 Å². The maximum Gasteiger partial charge on any atom is 0.259 e. The van der Waals surface area contributed by atoms with Crippen molar-refractivity contribution in [3.8, 4) is 17.2 Å². The number of para-hydroxylation sites is 1. The summed E-state index contributed by atoms with van der Waals surface area (Å²) in [7, 11) is 0. The van der Waals surface area contributed by atoms with Gasteiger partial charge < -0.3 is 35.0 Å². The molecule has 10 heteroatoms. The summed E-state index contributed by atoms with van der Waals surface area (Å²) in [4.78, 5) is 44.8. The summed E-state index contributed by atoms with van der Waals surface area (Å²) in [5.74, 6) is -0.533. The summed E-state index contributed by atoms with van der Waals surface area (Å²) in [6.45, 7) is 11.4. The van der Waals surface area contributed by atoms with Gasteiger partial charge in [0.25, 0.3) is 11.8 Å². The lowest BCUT2D eigenvalue weighted by molar-refractivity contribution is -0.133. The number of aromatic hydroxyl groups is 2. The van der Waals surface area contributed by atoms with Crippen LogP contribution in [0.25, 0.3) is 0 Å². The molecule has 1 fully saturated rings. The average Bonchev–Trinajstić information content (AvgIpc) is 3.07. The van der Waals surface area contributed by atoms with Crippen molar-refractivity contribution in [1.82, 2.24) is 9.80 Å². The van der Waals surface area contributed by atoms with E-state index in [0.29, 0.717) is 31.0 Å². The maximum atomic E-state index is 13.7. The topological polar surface area (TPSA) is 123 Å². The number of rotatable bonds is 14. The van der Waals surface area contributed by atoms with Crippen LogP contribution >= 0.6 is 0 Å². The zero-order chi connectivity index (χ0) is 33.1. The predicted octanol–water partition coefficient (Wildman–Crippen LogP) is 5.68. The first-order valence-corrected chi connectivity index (χ1v) is 16.3. The van der Waals surface area contributed by atoms with Crippen LogP contribution in [0, 0.1) is 0 Å². The number of benzene rings is 3. The normalized spacial score (nSPS) is 13.3. The molecule has 3 aromatic carbocycles. The molecular weight excluding hydrogens is 584 g/mol. The number of hydrogen-bond acceptors (Lipinski definition) is 7. The Morgan fingerprint density at radius 2 is 1.63 bits per heavy atom. The first-order chi connectivity index (χ1) is 22.2. The number of amides is 3. The lowest BCUT2D eigenvalue weighted by Crippen LogP contribution is -2.48. The number of phenolic OH excluding ortho intramolecular Hbond substituents is 2. The summed E-state index contributed by atoms with van der Waals surface area (Å²) >= 11 is 0. The number of aryl methyl sites for hydroxylation is 1. The highest BCUT2D eigenvalue weighted by molar-refractivity contribution is 6.09.